The summed E-state index contributed by atoms with van der Waals surface area (Å²) >= 11 is 12.7. The molecule has 2 aromatic rings. The van der Waals surface area contributed by atoms with Gasteiger partial charge in [-0.15, -0.1) is 11.3 Å². The van der Waals surface area contributed by atoms with Gasteiger partial charge in [-0.25, -0.2) is 9.78 Å². The molecule has 0 saturated heterocycles. The summed E-state index contributed by atoms with van der Waals surface area (Å²) in [5, 5.41) is 4.90. The zero-order chi connectivity index (χ0) is 18.4. The monoisotopic (exact) mass is 402 g/mol. The predicted molar refractivity (Wildman–Crippen MR) is 93.2 cm³/mol. The number of carbonyl (C=O) groups is 3. The van der Waals surface area contributed by atoms with E-state index in [1.54, 1.807) is 5.38 Å². The van der Waals surface area contributed by atoms with E-state index >= 15 is 0 Å². The number of carbonyl (C=O) groups excluding carboxylic acids is 3. The number of benzene rings is 1. The molecule has 1 amide bonds. The summed E-state index contributed by atoms with van der Waals surface area (Å²) < 4.78 is 9.43. The molecule has 0 radical (unpaired) electrons. The summed E-state index contributed by atoms with van der Waals surface area (Å²) in [6, 6.07) is 4.25. The van der Waals surface area contributed by atoms with E-state index in [1.807, 2.05) is 0 Å². The van der Waals surface area contributed by atoms with Crippen LogP contribution in [0.25, 0.3) is 0 Å². The molecule has 1 N–H and O–H groups in total. The van der Waals surface area contributed by atoms with Crippen molar-refractivity contribution < 1.29 is 23.9 Å². The second-order valence-corrected chi connectivity index (χ2v) is 6.32. The molecule has 1 heterocycles. The van der Waals surface area contributed by atoms with Gasteiger partial charge in [-0.2, -0.15) is 0 Å². The van der Waals surface area contributed by atoms with Crippen LogP contribution < -0.4 is 5.32 Å². The smallest absolute Gasteiger partial charge is 0.338 e. The minimum Gasteiger partial charge on any atom is -0.469 e. The Bertz CT molecular complexity index is 809. The number of nitrogens with one attached hydrogen (secondary N) is 1. The van der Waals surface area contributed by atoms with Crippen molar-refractivity contribution in [1.29, 1.82) is 0 Å². The Morgan fingerprint density at radius 2 is 2.00 bits per heavy atom. The fourth-order valence-electron chi connectivity index (χ4n) is 1.66. The molecule has 0 aliphatic heterocycles. The average molecular weight is 403 g/mol. The summed E-state index contributed by atoms with van der Waals surface area (Å²) in [6.07, 6.45) is 0.00911. The molecule has 0 fully saturated rings. The molecule has 0 atom stereocenters. The van der Waals surface area contributed by atoms with E-state index in [1.165, 1.54) is 25.3 Å². The van der Waals surface area contributed by atoms with E-state index in [9.17, 15) is 14.4 Å². The van der Waals surface area contributed by atoms with E-state index < -0.39 is 24.5 Å². The molecule has 1 aromatic heterocycles. The van der Waals surface area contributed by atoms with Crippen LogP contribution in [0.2, 0.25) is 10.0 Å². The fraction of sp³-hybridized carbons (Fsp3) is 0.200. The number of rotatable bonds is 6. The predicted octanol–water partition coefficient (Wildman–Crippen LogP) is 2.96. The summed E-state index contributed by atoms with van der Waals surface area (Å²) in [5.74, 6) is -1.70. The summed E-state index contributed by atoms with van der Waals surface area (Å²) in [4.78, 5) is 38.9. The number of halogens is 2. The fourth-order valence-corrected chi connectivity index (χ4v) is 2.68. The number of hydrogen-bond acceptors (Lipinski definition) is 7. The lowest BCUT2D eigenvalue weighted by atomic mass is 10.2. The highest BCUT2D eigenvalue weighted by Crippen LogP contribution is 2.23. The number of amides is 1. The van der Waals surface area contributed by atoms with Gasteiger partial charge in [0.2, 0.25) is 0 Å². The van der Waals surface area contributed by atoms with Gasteiger partial charge in [-0.1, -0.05) is 23.2 Å². The van der Waals surface area contributed by atoms with E-state index in [4.69, 9.17) is 27.9 Å². The van der Waals surface area contributed by atoms with E-state index in [-0.39, 0.29) is 22.1 Å². The van der Waals surface area contributed by atoms with Gasteiger partial charge in [0.1, 0.15) is 0 Å². The molecule has 2 rings (SSSR count). The van der Waals surface area contributed by atoms with Crippen LogP contribution in [0, 0.1) is 0 Å². The van der Waals surface area contributed by atoms with Crippen LogP contribution in [0.5, 0.6) is 0 Å². The Hall–Kier alpha value is -2.16. The van der Waals surface area contributed by atoms with Crippen LogP contribution in [0.1, 0.15) is 16.1 Å². The molecule has 0 aliphatic carbocycles. The number of methoxy groups -OCH3 is 1. The Kier molecular flexibility index (Phi) is 6.74. The Balaban J connectivity index is 1.85. The average Bonchev–Trinajstić information content (AvgIpc) is 3.01. The van der Waals surface area contributed by atoms with Crippen LogP contribution in [-0.2, 0) is 25.5 Å². The minimum atomic E-state index is -0.709. The highest BCUT2D eigenvalue weighted by atomic mass is 35.5. The number of thiazole rings is 1. The standard InChI is InChI=1S/C15H12Cl2N2O5S/c1-23-13(21)5-9-7-25-15(18-9)19-12(20)6-24-14(22)8-2-3-10(16)11(17)4-8/h2-4,7H,5-6H2,1H3,(H,18,19,20). The van der Waals surface area contributed by atoms with Crippen molar-refractivity contribution in [2.24, 2.45) is 0 Å². The molecular weight excluding hydrogens is 391 g/mol. The van der Waals surface area contributed by atoms with E-state index in [0.29, 0.717) is 10.7 Å². The Morgan fingerprint density at radius 1 is 1.24 bits per heavy atom. The molecule has 0 spiro atoms. The van der Waals surface area contributed by atoms with Crippen molar-refractivity contribution in [3.8, 4) is 0 Å². The van der Waals surface area contributed by atoms with Crippen LogP contribution in [0.3, 0.4) is 0 Å². The molecule has 10 heteroatoms. The van der Waals surface area contributed by atoms with Gasteiger partial charge < -0.3 is 9.47 Å². The molecule has 0 bridgehead atoms. The largest absolute Gasteiger partial charge is 0.469 e. The van der Waals surface area contributed by atoms with Crippen LogP contribution in [0.15, 0.2) is 23.6 Å². The third-order valence-corrected chi connectivity index (χ3v) is 4.39. The van der Waals surface area contributed by atoms with Crippen molar-refractivity contribution in [2.45, 2.75) is 6.42 Å². The highest BCUT2D eigenvalue weighted by molar-refractivity contribution is 7.13. The number of nitrogens with zero attached hydrogens (tertiary/aromatic N) is 1. The van der Waals surface area contributed by atoms with Crippen LogP contribution in [0.4, 0.5) is 5.13 Å². The second-order valence-electron chi connectivity index (χ2n) is 4.65. The van der Waals surface area contributed by atoms with E-state index in [2.05, 4.69) is 15.0 Å². The second kappa shape index (κ2) is 8.80. The zero-order valence-electron chi connectivity index (χ0n) is 12.9. The topological polar surface area (TPSA) is 94.6 Å². The number of ether oxygens (including phenoxy) is 2. The van der Waals surface area contributed by atoms with Crippen molar-refractivity contribution >= 4 is 57.5 Å². The summed E-state index contributed by atoms with van der Waals surface area (Å²) in [7, 11) is 1.28. The first-order valence-electron chi connectivity index (χ1n) is 6.82. The lowest BCUT2D eigenvalue weighted by molar-refractivity contribution is -0.139. The molecule has 25 heavy (non-hydrogen) atoms. The normalized spacial score (nSPS) is 10.2. The minimum absolute atomic E-state index is 0.00911. The molecule has 132 valence electrons. The van der Waals surface area contributed by atoms with Crippen molar-refractivity contribution in [3.63, 3.8) is 0 Å². The SMILES string of the molecule is COC(=O)Cc1csc(NC(=O)COC(=O)c2ccc(Cl)c(Cl)c2)n1. The van der Waals surface area contributed by atoms with Gasteiger partial charge >= 0.3 is 11.9 Å². The number of anilines is 1. The van der Waals surface area contributed by atoms with E-state index in [0.717, 1.165) is 11.3 Å². The molecule has 7 nitrogen and oxygen atoms in total. The van der Waals surface area contributed by atoms with Gasteiger partial charge in [-0.05, 0) is 18.2 Å². The zero-order valence-corrected chi connectivity index (χ0v) is 15.2. The number of esters is 2. The number of aromatic nitrogens is 1. The summed E-state index contributed by atoms with van der Waals surface area (Å²) in [5.41, 5.74) is 0.650. The van der Waals surface area contributed by atoms with Crippen molar-refractivity contribution in [2.75, 3.05) is 19.0 Å². The third kappa shape index (κ3) is 5.70. The van der Waals surface area contributed by atoms with Crippen molar-refractivity contribution in [1.82, 2.24) is 4.98 Å². The Labute approximate surface area is 156 Å². The lowest BCUT2D eigenvalue weighted by Crippen LogP contribution is -2.21. The van der Waals surface area contributed by atoms with Gasteiger partial charge in [0.25, 0.3) is 5.91 Å². The van der Waals surface area contributed by atoms with Crippen LogP contribution >= 0.6 is 34.5 Å². The number of hydrogen-bond donors (Lipinski definition) is 1. The van der Waals surface area contributed by atoms with Crippen molar-refractivity contribution in [3.05, 3.63) is 44.9 Å². The maximum Gasteiger partial charge on any atom is 0.338 e. The first kappa shape index (κ1) is 19.2. The molecule has 0 saturated carbocycles. The molecule has 0 aliphatic rings. The Morgan fingerprint density at radius 3 is 2.68 bits per heavy atom. The lowest BCUT2D eigenvalue weighted by Gasteiger charge is -2.05. The van der Waals surface area contributed by atoms with Gasteiger partial charge in [0.05, 0.1) is 34.8 Å². The third-order valence-electron chi connectivity index (χ3n) is 2.84. The van der Waals surface area contributed by atoms with Gasteiger partial charge in [0, 0.05) is 5.38 Å². The van der Waals surface area contributed by atoms with Gasteiger partial charge in [-0.3, -0.25) is 14.9 Å². The maximum absolute atomic E-state index is 11.9. The molecule has 0 unspecified atom stereocenters. The van der Waals surface area contributed by atoms with Gasteiger partial charge in [0.15, 0.2) is 11.7 Å². The molecular formula is C15H12Cl2N2O5S. The quantitative estimate of drug-likeness (QED) is 0.746. The highest BCUT2D eigenvalue weighted by Gasteiger charge is 2.14. The first-order chi connectivity index (χ1) is 11.9. The van der Waals surface area contributed by atoms with Crippen LogP contribution in [-0.4, -0.2) is 36.5 Å². The summed E-state index contributed by atoms with van der Waals surface area (Å²) in [6.45, 7) is -0.495. The maximum atomic E-state index is 11.9. The molecule has 1 aromatic carbocycles. The first-order valence-corrected chi connectivity index (χ1v) is 8.46.